The van der Waals surface area contributed by atoms with Gasteiger partial charge in [-0.1, -0.05) is 17.7 Å². The monoisotopic (exact) mass is 344 g/mol. The number of rotatable bonds is 2. The van der Waals surface area contributed by atoms with Crippen LogP contribution in [0.3, 0.4) is 0 Å². The highest BCUT2D eigenvalue weighted by Crippen LogP contribution is 2.22. The zero-order chi connectivity index (χ0) is 17.1. The van der Waals surface area contributed by atoms with Gasteiger partial charge in [-0.25, -0.2) is 9.37 Å². The molecule has 1 amide bonds. The molecular formula is C17H14ClFN4O. The SMILES string of the molecule is N#Cc1ccc(N2CCN(C(=O)c3c(F)cccc3Cl)CC2)nc1. The number of aromatic nitrogens is 1. The lowest BCUT2D eigenvalue weighted by molar-refractivity contribution is 0.0742. The largest absolute Gasteiger partial charge is 0.353 e. The standard InChI is InChI=1S/C17H14ClFN4O/c18-13-2-1-3-14(19)16(13)17(24)23-8-6-22(7-9-23)15-5-4-12(10-20)11-21-15/h1-5,11H,6-9H2. The van der Waals surface area contributed by atoms with E-state index >= 15 is 0 Å². The topological polar surface area (TPSA) is 60.2 Å². The Labute approximate surface area is 143 Å². The molecule has 1 aromatic heterocycles. The van der Waals surface area contributed by atoms with Gasteiger partial charge >= 0.3 is 0 Å². The predicted molar refractivity (Wildman–Crippen MR) is 88.5 cm³/mol. The van der Waals surface area contributed by atoms with E-state index < -0.39 is 11.7 Å². The van der Waals surface area contributed by atoms with Crippen molar-refractivity contribution >= 4 is 23.3 Å². The molecule has 1 fully saturated rings. The first-order valence-corrected chi connectivity index (χ1v) is 7.82. The van der Waals surface area contributed by atoms with Crippen LogP contribution in [0.2, 0.25) is 5.02 Å². The van der Waals surface area contributed by atoms with E-state index in [4.69, 9.17) is 16.9 Å². The molecule has 0 saturated carbocycles. The van der Waals surface area contributed by atoms with Crippen LogP contribution in [0.15, 0.2) is 36.5 Å². The number of pyridine rings is 1. The average molecular weight is 345 g/mol. The second-order valence-corrected chi connectivity index (χ2v) is 5.80. The van der Waals surface area contributed by atoms with E-state index in [0.29, 0.717) is 31.7 Å². The maximum atomic E-state index is 13.9. The van der Waals surface area contributed by atoms with E-state index in [1.54, 1.807) is 17.0 Å². The van der Waals surface area contributed by atoms with Crippen LogP contribution in [-0.4, -0.2) is 42.0 Å². The number of amides is 1. The molecule has 0 radical (unpaired) electrons. The van der Waals surface area contributed by atoms with Gasteiger partial charge in [-0.15, -0.1) is 0 Å². The second kappa shape index (κ2) is 6.85. The second-order valence-electron chi connectivity index (χ2n) is 5.39. The Morgan fingerprint density at radius 3 is 2.54 bits per heavy atom. The summed E-state index contributed by atoms with van der Waals surface area (Å²) in [6.45, 7) is 2.06. The van der Waals surface area contributed by atoms with Crippen molar-refractivity contribution in [1.82, 2.24) is 9.88 Å². The number of hydrogen-bond donors (Lipinski definition) is 0. The highest BCUT2D eigenvalue weighted by Gasteiger charge is 2.26. The van der Waals surface area contributed by atoms with Crippen LogP contribution >= 0.6 is 11.6 Å². The van der Waals surface area contributed by atoms with Gasteiger partial charge in [-0.3, -0.25) is 4.79 Å². The Morgan fingerprint density at radius 1 is 1.21 bits per heavy atom. The molecule has 7 heteroatoms. The molecule has 0 unspecified atom stereocenters. The molecule has 3 rings (SSSR count). The predicted octanol–water partition coefficient (Wildman–Crippen LogP) is 2.71. The lowest BCUT2D eigenvalue weighted by Crippen LogP contribution is -2.49. The Kier molecular flexibility index (Phi) is 4.63. The molecule has 2 aromatic rings. The van der Waals surface area contributed by atoms with Gasteiger partial charge in [0.15, 0.2) is 0 Å². The van der Waals surface area contributed by atoms with Crippen LogP contribution < -0.4 is 4.90 Å². The first-order valence-electron chi connectivity index (χ1n) is 7.44. The number of benzene rings is 1. The minimum atomic E-state index is -0.608. The van der Waals surface area contributed by atoms with Crippen LogP contribution in [0, 0.1) is 17.1 Å². The summed E-state index contributed by atoms with van der Waals surface area (Å²) in [7, 11) is 0. The van der Waals surface area contributed by atoms with Gasteiger partial charge in [-0.2, -0.15) is 5.26 Å². The lowest BCUT2D eigenvalue weighted by atomic mass is 10.1. The molecule has 1 aromatic carbocycles. The fraction of sp³-hybridized carbons (Fsp3) is 0.235. The van der Waals surface area contributed by atoms with Crippen molar-refractivity contribution in [2.75, 3.05) is 31.1 Å². The highest BCUT2D eigenvalue weighted by molar-refractivity contribution is 6.33. The maximum absolute atomic E-state index is 13.9. The van der Waals surface area contributed by atoms with E-state index in [1.807, 2.05) is 11.0 Å². The Balaban J connectivity index is 1.68. The number of nitriles is 1. The molecule has 0 bridgehead atoms. The average Bonchev–Trinajstić information content (AvgIpc) is 2.62. The quantitative estimate of drug-likeness (QED) is 0.840. The number of carbonyl (C=O) groups is 1. The van der Waals surface area contributed by atoms with Gasteiger partial charge < -0.3 is 9.80 Å². The molecule has 1 aliphatic heterocycles. The molecule has 2 heterocycles. The van der Waals surface area contributed by atoms with Crippen LogP contribution in [0.25, 0.3) is 0 Å². The van der Waals surface area contributed by atoms with Crippen molar-refractivity contribution in [2.24, 2.45) is 0 Å². The Morgan fingerprint density at radius 2 is 1.96 bits per heavy atom. The van der Waals surface area contributed by atoms with Crippen LogP contribution in [0.4, 0.5) is 10.2 Å². The minimum Gasteiger partial charge on any atom is -0.353 e. The van der Waals surface area contributed by atoms with Gasteiger partial charge in [0.05, 0.1) is 16.1 Å². The van der Waals surface area contributed by atoms with Crippen molar-refractivity contribution in [1.29, 1.82) is 5.26 Å². The van der Waals surface area contributed by atoms with Crippen molar-refractivity contribution < 1.29 is 9.18 Å². The molecule has 0 atom stereocenters. The first-order chi connectivity index (χ1) is 11.6. The number of anilines is 1. The number of halogens is 2. The smallest absolute Gasteiger partial charge is 0.258 e. The van der Waals surface area contributed by atoms with Gasteiger partial charge in [0.2, 0.25) is 0 Å². The normalized spacial score (nSPS) is 14.4. The Bertz CT molecular complexity index is 775. The zero-order valence-corrected chi connectivity index (χ0v) is 13.5. The molecule has 122 valence electrons. The van der Waals surface area contributed by atoms with Crippen molar-refractivity contribution in [3.63, 3.8) is 0 Å². The summed E-state index contributed by atoms with van der Waals surface area (Å²) in [6.07, 6.45) is 1.52. The van der Waals surface area contributed by atoms with Gasteiger partial charge in [0.25, 0.3) is 5.91 Å². The zero-order valence-electron chi connectivity index (χ0n) is 12.7. The molecule has 24 heavy (non-hydrogen) atoms. The first kappa shape index (κ1) is 16.2. The maximum Gasteiger partial charge on any atom is 0.258 e. The van der Waals surface area contributed by atoms with Crippen molar-refractivity contribution in [3.05, 3.63) is 58.5 Å². The van der Waals surface area contributed by atoms with E-state index in [-0.39, 0.29) is 10.6 Å². The Hall–Kier alpha value is -2.65. The highest BCUT2D eigenvalue weighted by atomic mass is 35.5. The molecule has 0 spiro atoms. The van der Waals surface area contributed by atoms with E-state index in [1.165, 1.54) is 24.4 Å². The van der Waals surface area contributed by atoms with Crippen LogP contribution in [-0.2, 0) is 0 Å². The summed E-state index contributed by atoms with van der Waals surface area (Å²) in [5.41, 5.74) is 0.422. The molecule has 0 N–H and O–H groups in total. The van der Waals surface area contributed by atoms with Crippen LogP contribution in [0.5, 0.6) is 0 Å². The summed E-state index contributed by atoms with van der Waals surface area (Å²) < 4.78 is 13.9. The fourth-order valence-electron chi connectivity index (χ4n) is 2.64. The molecule has 1 saturated heterocycles. The summed E-state index contributed by atoms with van der Waals surface area (Å²) >= 11 is 5.96. The molecule has 5 nitrogen and oxygen atoms in total. The lowest BCUT2D eigenvalue weighted by Gasteiger charge is -2.35. The fourth-order valence-corrected chi connectivity index (χ4v) is 2.88. The van der Waals surface area contributed by atoms with Gasteiger partial charge in [0.1, 0.15) is 17.7 Å². The summed E-state index contributed by atoms with van der Waals surface area (Å²) in [4.78, 5) is 20.4. The third-order valence-electron chi connectivity index (χ3n) is 3.94. The third kappa shape index (κ3) is 3.17. The van der Waals surface area contributed by atoms with Gasteiger partial charge in [-0.05, 0) is 24.3 Å². The molecule has 0 aliphatic carbocycles. The van der Waals surface area contributed by atoms with Crippen LogP contribution in [0.1, 0.15) is 15.9 Å². The van der Waals surface area contributed by atoms with Gasteiger partial charge in [0, 0.05) is 32.4 Å². The number of nitrogens with zero attached hydrogens (tertiary/aromatic N) is 4. The summed E-state index contributed by atoms with van der Waals surface area (Å²) in [5.74, 6) is -0.251. The third-order valence-corrected chi connectivity index (χ3v) is 4.26. The van der Waals surface area contributed by atoms with E-state index in [2.05, 4.69) is 4.98 Å². The number of hydrogen-bond acceptors (Lipinski definition) is 4. The van der Waals surface area contributed by atoms with Crippen molar-refractivity contribution in [3.8, 4) is 6.07 Å². The van der Waals surface area contributed by atoms with E-state index in [9.17, 15) is 9.18 Å². The number of carbonyl (C=O) groups excluding carboxylic acids is 1. The van der Waals surface area contributed by atoms with Crippen molar-refractivity contribution in [2.45, 2.75) is 0 Å². The summed E-state index contributed by atoms with van der Waals surface area (Å²) in [6, 6.07) is 9.73. The minimum absolute atomic E-state index is 0.0795. The molecule has 1 aliphatic rings. The van der Waals surface area contributed by atoms with E-state index in [0.717, 1.165) is 5.82 Å². The number of piperazine rings is 1. The summed E-state index contributed by atoms with van der Waals surface area (Å²) in [5, 5.41) is 8.92. The molecular weight excluding hydrogens is 331 g/mol.